The van der Waals surface area contributed by atoms with Gasteiger partial charge in [-0.05, 0) is 46.9 Å². The van der Waals surface area contributed by atoms with Crippen molar-refractivity contribution >= 4 is 40.0 Å². The Hall–Kier alpha value is -0.940. The van der Waals surface area contributed by atoms with Gasteiger partial charge in [-0.2, -0.15) is 0 Å². The Morgan fingerprint density at radius 2 is 1.88 bits per heavy atom. The molecule has 0 amide bonds. The molecule has 0 saturated carbocycles. The van der Waals surface area contributed by atoms with Crippen LogP contribution in [-0.2, 0) is 0 Å². The zero-order valence-corrected chi connectivity index (χ0v) is 11.1. The van der Waals surface area contributed by atoms with E-state index < -0.39 is 0 Å². The Morgan fingerprint density at radius 1 is 1.19 bits per heavy atom. The number of rotatable bonds is 2. The molecule has 4 heteroatoms. The van der Waals surface area contributed by atoms with Gasteiger partial charge in [0, 0.05) is 27.1 Å². The van der Waals surface area contributed by atoms with Gasteiger partial charge in [0.1, 0.15) is 0 Å². The highest BCUT2D eigenvalue weighted by molar-refractivity contribution is 14.1. The molecule has 0 atom stereocenters. The Morgan fingerprint density at radius 3 is 2.56 bits per heavy atom. The highest BCUT2D eigenvalue weighted by atomic mass is 127. The van der Waals surface area contributed by atoms with Gasteiger partial charge in [-0.1, -0.05) is 17.7 Å². The van der Waals surface area contributed by atoms with E-state index in [0.29, 0.717) is 16.1 Å². The smallest absolute Gasteiger partial charge is 0.194 e. The third-order valence-electron chi connectivity index (χ3n) is 2.14. The summed E-state index contributed by atoms with van der Waals surface area (Å²) in [5.41, 5.74) is 1.24. The van der Waals surface area contributed by atoms with Crippen molar-refractivity contribution in [1.29, 1.82) is 0 Å². The van der Waals surface area contributed by atoms with Crippen molar-refractivity contribution in [1.82, 2.24) is 4.98 Å². The van der Waals surface area contributed by atoms with Gasteiger partial charge in [0.25, 0.3) is 0 Å². The Kier molecular flexibility index (Phi) is 3.56. The minimum Gasteiger partial charge on any atom is -0.289 e. The molecule has 0 aliphatic carbocycles. The van der Waals surface area contributed by atoms with Crippen molar-refractivity contribution in [2.45, 2.75) is 0 Å². The summed E-state index contributed by atoms with van der Waals surface area (Å²) in [6, 6.07) is 8.71. The number of hydrogen-bond donors (Lipinski definition) is 0. The third kappa shape index (κ3) is 2.25. The van der Waals surface area contributed by atoms with Gasteiger partial charge in [-0.25, -0.2) is 0 Å². The molecule has 0 radical (unpaired) electrons. The third-order valence-corrected chi connectivity index (χ3v) is 3.93. The first kappa shape index (κ1) is 11.5. The molecule has 1 aromatic carbocycles. The molecule has 0 spiro atoms. The maximum absolute atomic E-state index is 12.1. The molecule has 0 fully saturated rings. The molecule has 2 rings (SSSR count). The lowest BCUT2D eigenvalue weighted by molar-refractivity contribution is 0.103. The van der Waals surface area contributed by atoms with E-state index in [9.17, 15) is 4.79 Å². The zero-order chi connectivity index (χ0) is 11.5. The lowest BCUT2D eigenvalue weighted by Crippen LogP contribution is -2.03. The van der Waals surface area contributed by atoms with Crippen LogP contribution in [0.15, 0.2) is 42.7 Å². The fourth-order valence-corrected chi connectivity index (χ4v) is 2.12. The first-order valence-electron chi connectivity index (χ1n) is 4.59. The number of benzene rings is 1. The summed E-state index contributed by atoms with van der Waals surface area (Å²) in [7, 11) is 0. The summed E-state index contributed by atoms with van der Waals surface area (Å²) >= 11 is 8.05. The first-order chi connectivity index (χ1) is 7.70. The lowest BCUT2D eigenvalue weighted by atomic mass is 10.1. The van der Waals surface area contributed by atoms with Crippen molar-refractivity contribution in [3.05, 3.63) is 62.4 Å². The van der Waals surface area contributed by atoms with Gasteiger partial charge >= 0.3 is 0 Å². The molecule has 0 aliphatic rings. The van der Waals surface area contributed by atoms with Crippen LogP contribution in [0.3, 0.4) is 0 Å². The quantitative estimate of drug-likeness (QED) is 0.616. The SMILES string of the molecule is O=C(c1ccncc1)c1cccc(Cl)c1I. The number of halogens is 2. The largest absolute Gasteiger partial charge is 0.289 e. The van der Waals surface area contributed by atoms with Crippen molar-refractivity contribution in [3.63, 3.8) is 0 Å². The highest BCUT2D eigenvalue weighted by Gasteiger charge is 2.13. The number of carbonyl (C=O) groups excluding carboxylic acids is 1. The molecular formula is C12H7ClINO. The van der Waals surface area contributed by atoms with E-state index in [1.807, 2.05) is 0 Å². The average molecular weight is 344 g/mol. The summed E-state index contributed by atoms with van der Waals surface area (Å²) in [4.78, 5) is 16.0. The lowest BCUT2D eigenvalue weighted by Gasteiger charge is -2.04. The minimum atomic E-state index is -0.0331. The summed E-state index contributed by atoms with van der Waals surface area (Å²) in [6.45, 7) is 0. The molecule has 0 aliphatic heterocycles. The number of carbonyl (C=O) groups is 1. The molecule has 1 heterocycles. The fourth-order valence-electron chi connectivity index (χ4n) is 1.34. The average Bonchev–Trinajstić information content (AvgIpc) is 2.33. The Bertz CT molecular complexity index is 528. The molecule has 1 aromatic heterocycles. The van der Waals surface area contributed by atoms with E-state index in [0.717, 1.165) is 3.57 Å². The van der Waals surface area contributed by atoms with Gasteiger partial charge in [-0.15, -0.1) is 0 Å². The molecule has 2 aromatic rings. The van der Waals surface area contributed by atoms with Crippen LogP contribution in [0.1, 0.15) is 15.9 Å². The van der Waals surface area contributed by atoms with Crippen LogP contribution in [0.2, 0.25) is 5.02 Å². The molecule has 2 nitrogen and oxygen atoms in total. The van der Waals surface area contributed by atoms with Gasteiger partial charge in [0.15, 0.2) is 5.78 Å². The second-order valence-corrected chi connectivity index (χ2v) is 4.65. The normalized spacial score (nSPS) is 10.1. The van der Waals surface area contributed by atoms with Crippen LogP contribution in [0.25, 0.3) is 0 Å². The summed E-state index contributed by atoms with van der Waals surface area (Å²) in [5.74, 6) is -0.0331. The predicted molar refractivity (Wildman–Crippen MR) is 71.8 cm³/mol. The standard InChI is InChI=1S/C12H7ClINO/c13-10-3-1-2-9(11(10)14)12(16)8-4-6-15-7-5-8/h1-7H. The molecule has 80 valence electrons. The Balaban J connectivity index is 2.46. The van der Waals surface area contributed by atoms with Crippen molar-refractivity contribution < 1.29 is 4.79 Å². The van der Waals surface area contributed by atoms with Gasteiger partial charge in [0.2, 0.25) is 0 Å². The topological polar surface area (TPSA) is 30.0 Å². The molecule has 0 N–H and O–H groups in total. The van der Waals surface area contributed by atoms with E-state index >= 15 is 0 Å². The number of aromatic nitrogens is 1. The van der Waals surface area contributed by atoms with Crippen LogP contribution in [0.5, 0.6) is 0 Å². The first-order valence-corrected chi connectivity index (χ1v) is 6.04. The van der Waals surface area contributed by atoms with Crippen LogP contribution < -0.4 is 0 Å². The van der Waals surface area contributed by atoms with Crippen LogP contribution in [0, 0.1) is 3.57 Å². The van der Waals surface area contributed by atoms with Crippen LogP contribution >= 0.6 is 34.2 Å². The Labute approximate surface area is 112 Å². The van der Waals surface area contributed by atoms with Crippen molar-refractivity contribution in [2.75, 3.05) is 0 Å². The number of hydrogen-bond acceptors (Lipinski definition) is 2. The molecule has 0 unspecified atom stereocenters. The highest BCUT2D eigenvalue weighted by Crippen LogP contribution is 2.23. The summed E-state index contributed by atoms with van der Waals surface area (Å²) in [5, 5.41) is 0.598. The number of nitrogens with zero attached hydrogens (tertiary/aromatic N) is 1. The monoisotopic (exact) mass is 343 g/mol. The number of pyridine rings is 1. The summed E-state index contributed by atoms with van der Waals surface area (Å²) < 4.78 is 0.781. The second-order valence-electron chi connectivity index (χ2n) is 3.17. The van der Waals surface area contributed by atoms with Crippen molar-refractivity contribution in [3.8, 4) is 0 Å². The van der Waals surface area contributed by atoms with Crippen molar-refractivity contribution in [2.24, 2.45) is 0 Å². The zero-order valence-electron chi connectivity index (χ0n) is 8.15. The molecule has 16 heavy (non-hydrogen) atoms. The maximum atomic E-state index is 12.1. The van der Waals surface area contributed by atoms with E-state index in [2.05, 4.69) is 27.6 Å². The summed E-state index contributed by atoms with van der Waals surface area (Å²) in [6.07, 6.45) is 3.20. The van der Waals surface area contributed by atoms with E-state index in [-0.39, 0.29) is 5.78 Å². The fraction of sp³-hybridized carbons (Fsp3) is 0. The minimum absolute atomic E-state index is 0.0331. The van der Waals surface area contributed by atoms with Gasteiger partial charge in [-0.3, -0.25) is 9.78 Å². The van der Waals surface area contributed by atoms with Gasteiger partial charge < -0.3 is 0 Å². The molecular weight excluding hydrogens is 336 g/mol. The van der Waals surface area contributed by atoms with E-state index in [4.69, 9.17) is 11.6 Å². The second kappa shape index (κ2) is 4.93. The van der Waals surface area contributed by atoms with E-state index in [1.54, 1.807) is 42.7 Å². The number of ketones is 1. The van der Waals surface area contributed by atoms with Crippen LogP contribution in [0.4, 0.5) is 0 Å². The molecule has 0 saturated heterocycles. The van der Waals surface area contributed by atoms with Crippen LogP contribution in [-0.4, -0.2) is 10.8 Å². The maximum Gasteiger partial charge on any atom is 0.194 e. The van der Waals surface area contributed by atoms with E-state index in [1.165, 1.54) is 0 Å². The molecule has 0 bridgehead atoms. The predicted octanol–water partition coefficient (Wildman–Crippen LogP) is 3.57. The van der Waals surface area contributed by atoms with Gasteiger partial charge in [0.05, 0.1) is 5.02 Å².